The zero-order valence-corrected chi connectivity index (χ0v) is 19.4. The van der Waals surface area contributed by atoms with Gasteiger partial charge in [0.15, 0.2) is 0 Å². The number of nitrogens with one attached hydrogen (secondary N) is 2. The van der Waals surface area contributed by atoms with Crippen LogP contribution < -0.4 is 15.5 Å². The number of aryl methyl sites for hydroxylation is 1. The Morgan fingerprint density at radius 3 is 2.61 bits per heavy atom. The fourth-order valence-electron chi connectivity index (χ4n) is 3.10. The summed E-state index contributed by atoms with van der Waals surface area (Å²) >= 11 is 9.42. The quantitative estimate of drug-likeness (QED) is 0.303. The van der Waals surface area contributed by atoms with Crippen molar-refractivity contribution in [2.75, 3.05) is 12.4 Å². The minimum absolute atomic E-state index is 0.289. The maximum Gasteiger partial charge on any atom is 0.329 e. The van der Waals surface area contributed by atoms with Gasteiger partial charge in [0, 0.05) is 32.1 Å². The summed E-state index contributed by atoms with van der Waals surface area (Å²) in [7, 11) is 1.45. The molecule has 0 fully saturated rings. The summed E-state index contributed by atoms with van der Waals surface area (Å²) in [5.74, 6) is -1.43. The van der Waals surface area contributed by atoms with Gasteiger partial charge in [-0.15, -0.1) is 0 Å². The zero-order chi connectivity index (χ0) is 22.5. The summed E-state index contributed by atoms with van der Waals surface area (Å²) in [6, 6.07) is 14.6. The number of methoxy groups -OCH3 is 1. The third-order valence-electron chi connectivity index (χ3n) is 4.52. The molecule has 1 aromatic heterocycles. The Bertz CT molecular complexity index is 1170. The van der Waals surface area contributed by atoms with E-state index in [-0.39, 0.29) is 5.69 Å². The van der Waals surface area contributed by atoms with Crippen molar-refractivity contribution in [3.63, 3.8) is 0 Å². The molecule has 2 N–H and O–H groups in total. The molecule has 3 rings (SSSR count). The smallest absolute Gasteiger partial charge is 0.329 e. The van der Waals surface area contributed by atoms with Crippen LogP contribution in [-0.4, -0.2) is 29.7 Å². The Labute approximate surface area is 193 Å². The highest BCUT2D eigenvalue weighted by Gasteiger charge is 2.16. The van der Waals surface area contributed by atoms with E-state index in [2.05, 4.69) is 36.3 Å². The first-order valence-corrected chi connectivity index (χ1v) is 10.4. The molecule has 2 amide bonds. The number of ether oxygens (including phenoxy) is 1. The second-order valence-corrected chi connectivity index (χ2v) is 7.99. The molecule has 0 aliphatic carbocycles. The summed E-state index contributed by atoms with van der Waals surface area (Å²) in [5.41, 5.74) is 6.30. The summed E-state index contributed by atoms with van der Waals surface area (Å²) in [5, 5.41) is 6.78. The Balaban J connectivity index is 1.69. The number of aromatic nitrogens is 1. The molecule has 0 saturated heterocycles. The molecular weight excluding hydrogens is 484 g/mol. The highest BCUT2D eigenvalue weighted by atomic mass is 79.9. The normalized spacial score (nSPS) is 10.9. The average molecular weight is 504 g/mol. The van der Waals surface area contributed by atoms with Crippen LogP contribution in [0.15, 0.2) is 58.1 Å². The molecule has 31 heavy (non-hydrogen) atoms. The molecule has 0 atom stereocenters. The van der Waals surface area contributed by atoms with Crippen LogP contribution in [0.25, 0.3) is 5.69 Å². The molecule has 2 aromatic carbocycles. The number of hydrazone groups is 1. The van der Waals surface area contributed by atoms with Gasteiger partial charge in [-0.2, -0.15) is 5.10 Å². The first-order valence-electron chi connectivity index (χ1n) is 9.23. The van der Waals surface area contributed by atoms with Crippen molar-refractivity contribution in [1.82, 2.24) is 9.99 Å². The van der Waals surface area contributed by atoms with Gasteiger partial charge in [-0.1, -0.05) is 33.6 Å². The summed E-state index contributed by atoms with van der Waals surface area (Å²) in [6.07, 6.45) is 1.50. The van der Waals surface area contributed by atoms with Crippen LogP contribution in [0, 0.1) is 13.8 Å². The molecule has 0 aliphatic rings. The average Bonchev–Trinajstić information content (AvgIpc) is 3.01. The molecule has 0 bridgehead atoms. The van der Waals surface area contributed by atoms with Gasteiger partial charge in [-0.25, -0.2) is 5.43 Å². The molecule has 0 radical (unpaired) electrons. The predicted octanol–water partition coefficient (Wildman–Crippen LogP) is 4.61. The Hall–Kier alpha value is -3.10. The van der Waals surface area contributed by atoms with Crippen LogP contribution in [0.5, 0.6) is 5.75 Å². The van der Waals surface area contributed by atoms with E-state index in [1.807, 2.05) is 44.2 Å². The Morgan fingerprint density at radius 1 is 1.13 bits per heavy atom. The van der Waals surface area contributed by atoms with E-state index in [0.717, 1.165) is 27.1 Å². The van der Waals surface area contributed by atoms with E-state index >= 15 is 0 Å². The van der Waals surface area contributed by atoms with Crippen LogP contribution in [-0.2, 0) is 9.59 Å². The molecule has 0 unspecified atom stereocenters. The lowest BCUT2D eigenvalue weighted by Crippen LogP contribution is -2.32. The first kappa shape index (κ1) is 22.6. The van der Waals surface area contributed by atoms with Gasteiger partial charge in [-0.3, -0.25) is 9.59 Å². The van der Waals surface area contributed by atoms with Crippen molar-refractivity contribution < 1.29 is 14.3 Å². The van der Waals surface area contributed by atoms with Crippen molar-refractivity contribution in [3.8, 4) is 11.4 Å². The van der Waals surface area contributed by atoms with Gasteiger partial charge in [-0.05, 0) is 56.3 Å². The zero-order valence-electron chi connectivity index (χ0n) is 17.1. The van der Waals surface area contributed by atoms with E-state index in [4.69, 9.17) is 16.3 Å². The lowest BCUT2D eigenvalue weighted by atomic mass is 10.2. The van der Waals surface area contributed by atoms with E-state index in [1.54, 1.807) is 12.1 Å². The van der Waals surface area contributed by atoms with Crippen molar-refractivity contribution in [1.29, 1.82) is 0 Å². The maximum atomic E-state index is 12.2. The van der Waals surface area contributed by atoms with Crippen LogP contribution in [0.2, 0.25) is 5.02 Å². The number of carbonyl (C=O) groups is 2. The third-order valence-corrected chi connectivity index (χ3v) is 5.25. The van der Waals surface area contributed by atoms with Crippen LogP contribution >= 0.6 is 27.5 Å². The van der Waals surface area contributed by atoms with Gasteiger partial charge in [0.25, 0.3) is 0 Å². The van der Waals surface area contributed by atoms with Crippen molar-refractivity contribution in [2.24, 2.45) is 5.10 Å². The largest absolute Gasteiger partial charge is 0.495 e. The van der Waals surface area contributed by atoms with E-state index in [0.29, 0.717) is 10.8 Å². The van der Waals surface area contributed by atoms with Gasteiger partial charge in [0.05, 0.1) is 19.0 Å². The highest BCUT2D eigenvalue weighted by molar-refractivity contribution is 9.10. The number of nitrogens with zero attached hydrogens (tertiary/aromatic N) is 2. The fraction of sp³-hybridized carbons (Fsp3) is 0.136. The number of hydrogen-bond donors (Lipinski definition) is 2. The molecular formula is C22H20BrClN4O3. The molecule has 7 nitrogen and oxygen atoms in total. The summed E-state index contributed by atoms with van der Waals surface area (Å²) < 4.78 is 8.20. The number of amides is 2. The Kier molecular flexibility index (Phi) is 7.14. The van der Waals surface area contributed by atoms with Gasteiger partial charge in [0.2, 0.25) is 0 Å². The third kappa shape index (κ3) is 5.34. The second kappa shape index (κ2) is 9.80. The van der Waals surface area contributed by atoms with E-state index in [9.17, 15) is 9.59 Å². The lowest BCUT2D eigenvalue weighted by Gasteiger charge is -2.10. The maximum absolute atomic E-state index is 12.2. The topological polar surface area (TPSA) is 84.7 Å². The number of rotatable bonds is 5. The van der Waals surface area contributed by atoms with E-state index < -0.39 is 11.8 Å². The van der Waals surface area contributed by atoms with Gasteiger partial charge < -0.3 is 14.6 Å². The number of hydrogen-bond acceptors (Lipinski definition) is 4. The van der Waals surface area contributed by atoms with Crippen molar-refractivity contribution in [3.05, 3.63) is 75.0 Å². The first-order chi connectivity index (χ1) is 14.8. The number of benzene rings is 2. The van der Waals surface area contributed by atoms with Crippen molar-refractivity contribution in [2.45, 2.75) is 13.8 Å². The van der Waals surface area contributed by atoms with Gasteiger partial charge >= 0.3 is 11.8 Å². The number of halogens is 2. The highest BCUT2D eigenvalue weighted by Crippen LogP contribution is 2.27. The molecule has 1 heterocycles. The molecule has 0 saturated carbocycles. The molecule has 3 aromatic rings. The van der Waals surface area contributed by atoms with Crippen LogP contribution in [0.4, 0.5) is 5.69 Å². The van der Waals surface area contributed by atoms with Crippen LogP contribution in [0.1, 0.15) is 17.0 Å². The molecule has 0 aliphatic heterocycles. The molecule has 9 heteroatoms. The summed E-state index contributed by atoms with van der Waals surface area (Å²) in [4.78, 5) is 24.3. The van der Waals surface area contributed by atoms with Crippen LogP contribution in [0.3, 0.4) is 0 Å². The molecule has 0 spiro atoms. The number of carbonyl (C=O) groups excluding carboxylic acids is 2. The van der Waals surface area contributed by atoms with Gasteiger partial charge in [0.1, 0.15) is 5.75 Å². The second-order valence-electron chi connectivity index (χ2n) is 6.64. The minimum atomic E-state index is -0.918. The van der Waals surface area contributed by atoms with E-state index in [1.165, 1.54) is 19.4 Å². The standard InChI is InChI=1S/C22H20BrClN4O3/c1-13-9-15(14(2)28(13)18-6-4-5-16(23)10-18)12-25-27-22(30)21(29)26-19-11-17(24)7-8-20(19)31-3/h4-12H,1-3H3,(H,26,29)(H,27,30)/b25-12-. The van der Waals surface area contributed by atoms with Crippen molar-refractivity contribution >= 4 is 51.2 Å². The SMILES string of the molecule is COc1ccc(Cl)cc1NC(=O)C(=O)N/N=C\c1cc(C)n(-c2cccc(Br)c2)c1C. The fourth-order valence-corrected chi connectivity index (χ4v) is 3.66. The minimum Gasteiger partial charge on any atom is -0.495 e. The number of anilines is 1. The summed E-state index contributed by atoms with van der Waals surface area (Å²) in [6.45, 7) is 3.94. The lowest BCUT2D eigenvalue weighted by molar-refractivity contribution is -0.136. The predicted molar refractivity (Wildman–Crippen MR) is 125 cm³/mol. The Morgan fingerprint density at radius 2 is 1.90 bits per heavy atom. The molecule has 160 valence electrons. The monoisotopic (exact) mass is 502 g/mol.